The Morgan fingerprint density at radius 1 is 1.23 bits per heavy atom. The molecular weight excluding hydrogens is 459 g/mol. The van der Waals surface area contributed by atoms with E-state index in [0.717, 1.165) is 13.7 Å². The van der Waals surface area contributed by atoms with Crippen molar-refractivity contribution in [3.8, 4) is 5.75 Å². The van der Waals surface area contributed by atoms with E-state index in [1.165, 1.54) is 0 Å². The molecular formula is C16H16BrIN2O2. The molecule has 4 nitrogen and oxygen atoms in total. The highest BCUT2D eigenvalue weighted by Crippen LogP contribution is 2.22. The summed E-state index contributed by atoms with van der Waals surface area (Å²) in [6, 6.07) is 11.1. The Labute approximate surface area is 151 Å². The Bertz CT molecular complexity index is 687. The number of pyridine rings is 1. The van der Waals surface area contributed by atoms with Crippen molar-refractivity contribution in [3.63, 3.8) is 0 Å². The van der Waals surface area contributed by atoms with Crippen molar-refractivity contribution in [3.05, 3.63) is 50.1 Å². The standard InChI is InChI=1S/C16H16BrIN2O2/c1-10-13(18)8-9-14(19-10)20-15(21)16(2,3)22-12-6-4-11(17)5-7-12/h4-9H,1-3H3,(H,19,20,21). The van der Waals surface area contributed by atoms with Gasteiger partial charge in [0.15, 0.2) is 5.60 Å². The number of rotatable bonds is 4. The quantitative estimate of drug-likeness (QED) is 0.661. The molecule has 2 aromatic rings. The predicted molar refractivity (Wildman–Crippen MR) is 99.2 cm³/mol. The third-order valence-electron chi connectivity index (χ3n) is 3.00. The lowest BCUT2D eigenvalue weighted by atomic mass is 10.1. The molecule has 0 atom stereocenters. The number of nitrogens with zero attached hydrogens (tertiary/aromatic N) is 1. The zero-order valence-electron chi connectivity index (χ0n) is 12.5. The van der Waals surface area contributed by atoms with Crippen molar-refractivity contribution in [1.82, 2.24) is 4.98 Å². The maximum Gasteiger partial charge on any atom is 0.269 e. The fourth-order valence-corrected chi connectivity index (χ4v) is 2.29. The molecule has 1 aromatic heterocycles. The van der Waals surface area contributed by atoms with E-state index in [2.05, 4.69) is 48.8 Å². The van der Waals surface area contributed by atoms with Gasteiger partial charge in [-0.25, -0.2) is 4.98 Å². The van der Waals surface area contributed by atoms with Crippen molar-refractivity contribution in [1.29, 1.82) is 0 Å². The summed E-state index contributed by atoms with van der Waals surface area (Å²) in [6.45, 7) is 5.36. The molecule has 22 heavy (non-hydrogen) atoms. The summed E-state index contributed by atoms with van der Waals surface area (Å²) in [5.41, 5.74) is -0.128. The Morgan fingerprint density at radius 2 is 1.86 bits per heavy atom. The van der Waals surface area contributed by atoms with Gasteiger partial charge < -0.3 is 10.1 Å². The average Bonchev–Trinajstić information content (AvgIpc) is 2.45. The van der Waals surface area contributed by atoms with Crippen LogP contribution in [0.2, 0.25) is 0 Å². The molecule has 2 rings (SSSR count). The number of aryl methyl sites for hydroxylation is 1. The van der Waals surface area contributed by atoms with Gasteiger partial charge in [-0.1, -0.05) is 15.9 Å². The number of carbonyl (C=O) groups excluding carboxylic acids is 1. The lowest BCUT2D eigenvalue weighted by molar-refractivity contribution is -0.128. The first kappa shape index (κ1) is 17.2. The van der Waals surface area contributed by atoms with E-state index in [4.69, 9.17) is 4.74 Å². The number of amides is 1. The third kappa shape index (κ3) is 4.42. The number of anilines is 1. The summed E-state index contributed by atoms with van der Waals surface area (Å²) in [6.07, 6.45) is 0. The van der Waals surface area contributed by atoms with Crippen LogP contribution in [0.1, 0.15) is 19.5 Å². The van der Waals surface area contributed by atoms with Crippen molar-refractivity contribution < 1.29 is 9.53 Å². The number of hydrogen-bond donors (Lipinski definition) is 1. The van der Waals surface area contributed by atoms with Crippen LogP contribution < -0.4 is 10.1 Å². The van der Waals surface area contributed by atoms with Gasteiger partial charge in [0, 0.05) is 8.04 Å². The molecule has 6 heteroatoms. The molecule has 0 unspecified atom stereocenters. The predicted octanol–water partition coefficient (Wildman–Crippen LogP) is 4.55. The highest BCUT2D eigenvalue weighted by atomic mass is 127. The van der Waals surface area contributed by atoms with Crippen LogP contribution in [-0.4, -0.2) is 16.5 Å². The zero-order chi connectivity index (χ0) is 16.3. The number of halogens is 2. The number of benzene rings is 1. The number of hydrogen-bond acceptors (Lipinski definition) is 3. The normalized spacial score (nSPS) is 11.1. The van der Waals surface area contributed by atoms with Crippen LogP contribution >= 0.6 is 38.5 Å². The van der Waals surface area contributed by atoms with Crippen LogP contribution in [0.25, 0.3) is 0 Å². The van der Waals surface area contributed by atoms with Crippen LogP contribution in [0, 0.1) is 10.5 Å². The van der Waals surface area contributed by atoms with Crippen molar-refractivity contribution in [2.24, 2.45) is 0 Å². The van der Waals surface area contributed by atoms with Crippen molar-refractivity contribution >= 4 is 50.2 Å². The number of nitrogens with one attached hydrogen (secondary N) is 1. The third-order valence-corrected chi connectivity index (χ3v) is 4.67. The summed E-state index contributed by atoms with van der Waals surface area (Å²) >= 11 is 5.57. The highest BCUT2D eigenvalue weighted by molar-refractivity contribution is 14.1. The Hall–Kier alpha value is -1.15. The van der Waals surface area contributed by atoms with Gasteiger partial charge in [0.1, 0.15) is 11.6 Å². The van der Waals surface area contributed by atoms with Crippen LogP contribution in [-0.2, 0) is 4.79 Å². The minimum Gasteiger partial charge on any atom is -0.478 e. The lowest BCUT2D eigenvalue weighted by Crippen LogP contribution is -2.42. The van der Waals surface area contributed by atoms with Crippen molar-refractivity contribution in [2.75, 3.05) is 5.32 Å². The molecule has 1 heterocycles. The molecule has 1 N–H and O–H groups in total. The van der Waals surface area contributed by atoms with Gasteiger partial charge in [-0.3, -0.25) is 4.79 Å². The number of carbonyl (C=O) groups is 1. The Balaban J connectivity index is 2.09. The largest absolute Gasteiger partial charge is 0.478 e. The maximum atomic E-state index is 12.4. The van der Waals surface area contributed by atoms with Crippen LogP contribution in [0.4, 0.5) is 5.82 Å². The summed E-state index contributed by atoms with van der Waals surface area (Å²) in [7, 11) is 0. The van der Waals surface area contributed by atoms with E-state index >= 15 is 0 Å². The first-order valence-electron chi connectivity index (χ1n) is 6.67. The molecule has 0 bridgehead atoms. The Kier molecular flexibility index (Phi) is 5.44. The van der Waals surface area contributed by atoms with E-state index in [1.807, 2.05) is 37.3 Å². The molecule has 0 spiro atoms. The molecule has 0 saturated carbocycles. The molecule has 0 aliphatic heterocycles. The average molecular weight is 475 g/mol. The smallest absolute Gasteiger partial charge is 0.269 e. The fraction of sp³-hybridized carbons (Fsp3) is 0.250. The second kappa shape index (κ2) is 6.95. The zero-order valence-corrected chi connectivity index (χ0v) is 16.2. The monoisotopic (exact) mass is 474 g/mol. The minimum absolute atomic E-state index is 0.247. The first-order chi connectivity index (χ1) is 10.3. The number of ether oxygens (including phenoxy) is 1. The second-order valence-corrected chi connectivity index (χ2v) is 7.36. The summed E-state index contributed by atoms with van der Waals surface area (Å²) in [4.78, 5) is 16.8. The van der Waals surface area contributed by atoms with Crippen LogP contribution in [0.15, 0.2) is 40.9 Å². The second-order valence-electron chi connectivity index (χ2n) is 5.28. The minimum atomic E-state index is -1.01. The first-order valence-corrected chi connectivity index (χ1v) is 8.54. The molecule has 0 aliphatic rings. The van der Waals surface area contributed by atoms with Gasteiger partial charge in [0.2, 0.25) is 0 Å². The summed E-state index contributed by atoms with van der Waals surface area (Å²) < 4.78 is 7.80. The summed E-state index contributed by atoms with van der Waals surface area (Å²) in [5.74, 6) is 0.911. The van der Waals surface area contributed by atoms with E-state index in [9.17, 15) is 4.79 Å². The van der Waals surface area contributed by atoms with Gasteiger partial charge in [0.25, 0.3) is 5.91 Å². The van der Waals surface area contributed by atoms with E-state index in [1.54, 1.807) is 19.9 Å². The molecule has 1 aromatic carbocycles. The molecule has 0 saturated heterocycles. The van der Waals surface area contributed by atoms with Crippen molar-refractivity contribution in [2.45, 2.75) is 26.4 Å². The van der Waals surface area contributed by atoms with E-state index < -0.39 is 5.60 Å². The van der Waals surface area contributed by atoms with Crippen LogP contribution in [0.3, 0.4) is 0 Å². The molecule has 0 radical (unpaired) electrons. The summed E-state index contributed by atoms with van der Waals surface area (Å²) in [5, 5.41) is 2.79. The maximum absolute atomic E-state index is 12.4. The molecule has 0 aliphatic carbocycles. The van der Waals surface area contributed by atoms with E-state index in [0.29, 0.717) is 11.6 Å². The SMILES string of the molecule is Cc1nc(NC(=O)C(C)(C)Oc2ccc(Br)cc2)ccc1I. The highest BCUT2D eigenvalue weighted by Gasteiger charge is 2.30. The molecule has 116 valence electrons. The molecule has 0 fully saturated rings. The van der Waals surface area contributed by atoms with Gasteiger partial charge >= 0.3 is 0 Å². The van der Waals surface area contributed by atoms with Crippen LogP contribution in [0.5, 0.6) is 5.75 Å². The van der Waals surface area contributed by atoms with Gasteiger partial charge in [-0.2, -0.15) is 0 Å². The molecule has 1 amide bonds. The van der Waals surface area contributed by atoms with E-state index in [-0.39, 0.29) is 5.91 Å². The Morgan fingerprint density at radius 3 is 2.45 bits per heavy atom. The topological polar surface area (TPSA) is 51.2 Å². The lowest BCUT2D eigenvalue weighted by Gasteiger charge is -2.25. The fourth-order valence-electron chi connectivity index (χ4n) is 1.72. The van der Waals surface area contributed by atoms with Gasteiger partial charge in [-0.05, 0) is 79.8 Å². The van der Waals surface area contributed by atoms with Gasteiger partial charge in [0.05, 0.1) is 5.69 Å². The number of aromatic nitrogens is 1. The van der Waals surface area contributed by atoms with Gasteiger partial charge in [-0.15, -0.1) is 0 Å².